The van der Waals surface area contributed by atoms with Crippen molar-refractivity contribution >= 4 is 11.9 Å². The highest BCUT2D eigenvalue weighted by atomic mass is 16.5. The fraction of sp³-hybridized carbons (Fsp3) is 0.529. The number of hydrogen-bond donors (Lipinski definition) is 1. The van der Waals surface area contributed by atoms with Crippen LogP contribution in [0.3, 0.4) is 0 Å². The second kappa shape index (κ2) is 6.92. The first-order chi connectivity index (χ1) is 10.5. The molecule has 1 aliphatic heterocycles. The van der Waals surface area contributed by atoms with Crippen molar-refractivity contribution in [2.75, 3.05) is 20.3 Å². The molecule has 0 spiro atoms. The Morgan fingerprint density at radius 3 is 2.77 bits per heavy atom. The van der Waals surface area contributed by atoms with E-state index in [1.165, 1.54) is 0 Å². The van der Waals surface area contributed by atoms with E-state index in [0.29, 0.717) is 19.6 Å². The number of hydrogen-bond acceptors (Lipinski definition) is 3. The number of carbonyl (C=O) groups excluding carboxylic acids is 1. The normalized spacial score (nSPS) is 21.4. The third-order valence-corrected chi connectivity index (χ3v) is 4.46. The molecular weight excluding hydrogens is 282 g/mol. The van der Waals surface area contributed by atoms with Crippen LogP contribution in [0.2, 0.25) is 0 Å². The van der Waals surface area contributed by atoms with Gasteiger partial charge in [-0.05, 0) is 37.0 Å². The molecule has 0 aromatic heterocycles. The number of aliphatic carboxylic acids is 1. The molecule has 1 aliphatic rings. The highest BCUT2D eigenvalue weighted by Crippen LogP contribution is 2.40. The van der Waals surface area contributed by atoms with E-state index >= 15 is 0 Å². The molecule has 1 N–H and O–H groups in total. The van der Waals surface area contributed by atoms with Crippen molar-refractivity contribution in [3.63, 3.8) is 0 Å². The first-order valence-electron chi connectivity index (χ1n) is 7.54. The highest BCUT2D eigenvalue weighted by Gasteiger charge is 2.44. The van der Waals surface area contributed by atoms with Gasteiger partial charge in [0.15, 0.2) is 0 Å². The van der Waals surface area contributed by atoms with Crippen LogP contribution in [0.1, 0.15) is 35.6 Å². The first-order valence-corrected chi connectivity index (χ1v) is 7.54. The topological polar surface area (TPSA) is 66.8 Å². The minimum atomic E-state index is -0.909. The van der Waals surface area contributed by atoms with Crippen molar-refractivity contribution in [3.8, 4) is 0 Å². The van der Waals surface area contributed by atoms with Crippen LogP contribution in [0.5, 0.6) is 0 Å². The molecule has 0 saturated carbocycles. The second-order valence-electron chi connectivity index (χ2n) is 5.82. The zero-order chi connectivity index (χ0) is 16.3. The van der Waals surface area contributed by atoms with Gasteiger partial charge in [0.05, 0.1) is 12.0 Å². The highest BCUT2D eigenvalue weighted by molar-refractivity contribution is 5.87. The number of carboxylic acids is 1. The summed E-state index contributed by atoms with van der Waals surface area (Å²) >= 11 is 0. The van der Waals surface area contributed by atoms with E-state index in [2.05, 4.69) is 0 Å². The maximum Gasteiger partial charge on any atom is 0.309 e. The number of aryl methyl sites for hydroxylation is 1. The fourth-order valence-corrected chi connectivity index (χ4v) is 3.13. The molecule has 1 aromatic carbocycles. The monoisotopic (exact) mass is 305 g/mol. The van der Waals surface area contributed by atoms with Crippen LogP contribution in [0.15, 0.2) is 18.2 Å². The molecule has 5 nitrogen and oxygen atoms in total. The van der Waals surface area contributed by atoms with E-state index in [0.717, 1.165) is 16.7 Å². The Bertz CT molecular complexity index is 570. The van der Waals surface area contributed by atoms with Crippen LogP contribution in [-0.4, -0.2) is 42.1 Å². The number of nitrogens with zero attached hydrogens (tertiary/aromatic N) is 1. The van der Waals surface area contributed by atoms with Crippen molar-refractivity contribution in [3.05, 3.63) is 34.9 Å². The molecular formula is C17H23NO4. The van der Waals surface area contributed by atoms with E-state index in [1.54, 1.807) is 12.0 Å². The Hall–Kier alpha value is -1.88. The van der Waals surface area contributed by atoms with Gasteiger partial charge in [-0.25, -0.2) is 0 Å². The number of ether oxygens (including phenoxy) is 1. The molecule has 2 atom stereocenters. The Labute approximate surface area is 130 Å². The van der Waals surface area contributed by atoms with Crippen LogP contribution in [-0.2, 0) is 14.3 Å². The molecule has 1 saturated heterocycles. The predicted molar refractivity (Wildman–Crippen MR) is 82.6 cm³/mol. The summed E-state index contributed by atoms with van der Waals surface area (Å²) in [5, 5.41) is 9.51. The third-order valence-electron chi connectivity index (χ3n) is 4.46. The van der Waals surface area contributed by atoms with Crippen molar-refractivity contribution in [1.29, 1.82) is 0 Å². The number of methoxy groups -OCH3 is 1. The zero-order valence-corrected chi connectivity index (χ0v) is 13.3. The molecule has 5 heteroatoms. The van der Waals surface area contributed by atoms with E-state index in [-0.39, 0.29) is 18.4 Å². The summed E-state index contributed by atoms with van der Waals surface area (Å²) in [4.78, 5) is 25.6. The lowest BCUT2D eigenvalue weighted by Crippen LogP contribution is -2.32. The largest absolute Gasteiger partial charge is 0.481 e. The summed E-state index contributed by atoms with van der Waals surface area (Å²) in [6.45, 7) is 5.07. The average Bonchev–Trinajstić information content (AvgIpc) is 2.80. The van der Waals surface area contributed by atoms with Gasteiger partial charge in [-0.1, -0.05) is 18.2 Å². The number of carboxylic acid groups (broad SMARTS) is 1. The molecule has 1 aromatic rings. The molecule has 0 radical (unpaired) electrons. The molecule has 1 amide bonds. The van der Waals surface area contributed by atoms with Gasteiger partial charge in [0.2, 0.25) is 5.91 Å². The van der Waals surface area contributed by atoms with Gasteiger partial charge in [-0.15, -0.1) is 0 Å². The molecule has 22 heavy (non-hydrogen) atoms. The smallest absolute Gasteiger partial charge is 0.309 e. The summed E-state index contributed by atoms with van der Waals surface area (Å²) in [5.74, 6) is -1.68. The van der Waals surface area contributed by atoms with Gasteiger partial charge in [0.25, 0.3) is 0 Å². The number of likely N-dealkylation sites (tertiary alicyclic amines) is 1. The second-order valence-corrected chi connectivity index (χ2v) is 5.82. The minimum absolute atomic E-state index is 0.0698. The minimum Gasteiger partial charge on any atom is -0.481 e. The Kier molecular flexibility index (Phi) is 5.19. The molecule has 0 bridgehead atoms. The molecule has 0 unspecified atom stereocenters. The van der Waals surface area contributed by atoms with Crippen LogP contribution in [0.4, 0.5) is 0 Å². The third kappa shape index (κ3) is 3.14. The van der Waals surface area contributed by atoms with E-state index in [1.807, 2.05) is 32.0 Å². The van der Waals surface area contributed by atoms with Crippen molar-refractivity contribution < 1.29 is 19.4 Å². The van der Waals surface area contributed by atoms with Gasteiger partial charge < -0.3 is 14.7 Å². The van der Waals surface area contributed by atoms with Gasteiger partial charge in [-0.2, -0.15) is 0 Å². The predicted octanol–water partition coefficient (Wildman–Crippen LogP) is 2.31. The van der Waals surface area contributed by atoms with Crippen LogP contribution in [0, 0.1) is 19.8 Å². The van der Waals surface area contributed by atoms with Crippen LogP contribution in [0.25, 0.3) is 0 Å². The summed E-state index contributed by atoms with van der Waals surface area (Å²) in [7, 11) is 1.62. The molecule has 0 aliphatic carbocycles. The lowest BCUT2D eigenvalue weighted by atomic mass is 9.89. The SMILES string of the molecule is COCCCN1C(=O)C[C@@H](C(=O)O)[C@H]1c1cccc(C)c1C. The fourth-order valence-electron chi connectivity index (χ4n) is 3.13. The average molecular weight is 305 g/mol. The lowest BCUT2D eigenvalue weighted by Gasteiger charge is -2.29. The number of benzene rings is 1. The number of carbonyl (C=O) groups is 2. The van der Waals surface area contributed by atoms with Crippen LogP contribution >= 0.6 is 0 Å². The summed E-state index contributed by atoms with van der Waals surface area (Å²) in [6.07, 6.45) is 0.774. The zero-order valence-electron chi connectivity index (χ0n) is 13.3. The molecule has 2 rings (SSSR count). The summed E-state index contributed by atoms with van der Waals surface area (Å²) in [6, 6.07) is 5.47. The summed E-state index contributed by atoms with van der Waals surface area (Å²) in [5.41, 5.74) is 3.11. The van der Waals surface area contributed by atoms with E-state index in [9.17, 15) is 14.7 Å². The molecule has 120 valence electrons. The number of rotatable bonds is 6. The van der Waals surface area contributed by atoms with Gasteiger partial charge in [0, 0.05) is 26.7 Å². The van der Waals surface area contributed by atoms with Gasteiger partial charge in [-0.3, -0.25) is 9.59 Å². The van der Waals surface area contributed by atoms with Gasteiger partial charge in [0.1, 0.15) is 0 Å². The molecule has 1 fully saturated rings. The van der Waals surface area contributed by atoms with Crippen LogP contribution < -0.4 is 0 Å². The van der Waals surface area contributed by atoms with Gasteiger partial charge >= 0.3 is 5.97 Å². The van der Waals surface area contributed by atoms with E-state index < -0.39 is 11.9 Å². The quantitative estimate of drug-likeness (QED) is 0.819. The summed E-state index contributed by atoms with van der Waals surface area (Å²) < 4.78 is 5.04. The lowest BCUT2D eigenvalue weighted by molar-refractivity contribution is -0.142. The standard InChI is InChI=1S/C17H23NO4/c1-11-6-4-7-13(12(11)2)16-14(17(20)21)10-15(19)18(16)8-5-9-22-3/h4,6-7,14,16H,5,8-10H2,1-3H3,(H,20,21)/t14-,16-/m1/s1. The van der Waals surface area contributed by atoms with Crippen molar-refractivity contribution in [1.82, 2.24) is 4.90 Å². The van der Waals surface area contributed by atoms with Crippen molar-refractivity contribution in [2.45, 2.75) is 32.7 Å². The maximum atomic E-state index is 12.3. The Morgan fingerprint density at radius 2 is 2.14 bits per heavy atom. The number of amides is 1. The Morgan fingerprint density at radius 1 is 1.41 bits per heavy atom. The van der Waals surface area contributed by atoms with Crippen molar-refractivity contribution in [2.24, 2.45) is 5.92 Å². The first kappa shape index (κ1) is 16.5. The maximum absolute atomic E-state index is 12.3. The van der Waals surface area contributed by atoms with E-state index in [4.69, 9.17) is 4.74 Å². The Balaban J connectivity index is 2.37. The molecule has 1 heterocycles.